The van der Waals surface area contributed by atoms with Gasteiger partial charge in [0.25, 0.3) is 0 Å². The smallest absolute Gasteiger partial charge is 0.191 e. The van der Waals surface area contributed by atoms with Crippen molar-refractivity contribution in [3.8, 4) is 0 Å². The van der Waals surface area contributed by atoms with Crippen LogP contribution in [0.3, 0.4) is 0 Å². The van der Waals surface area contributed by atoms with E-state index in [1.54, 1.807) is 0 Å². The standard InChI is InChI=1S/C23H37N7O.HI/c1-18-14-19(2)16-21(15-18)6-8-25-23(26-17-22-28-27-20(3)29(22)4)24-7-5-9-30-10-12-31-13-11-30;/h14-16H,5-13,17H2,1-4H3,(H2,24,25,26);1H. The highest BCUT2D eigenvalue weighted by atomic mass is 127. The molecule has 0 amide bonds. The van der Waals surface area contributed by atoms with Crippen LogP contribution >= 0.6 is 24.0 Å². The Bertz CT molecular complexity index is 842. The number of guanidine groups is 1. The fourth-order valence-corrected chi connectivity index (χ4v) is 3.79. The van der Waals surface area contributed by atoms with Crippen LogP contribution in [-0.4, -0.2) is 71.6 Å². The van der Waals surface area contributed by atoms with E-state index in [9.17, 15) is 0 Å². The maximum absolute atomic E-state index is 5.43. The van der Waals surface area contributed by atoms with Gasteiger partial charge in [-0.3, -0.25) is 4.90 Å². The second kappa shape index (κ2) is 13.7. The van der Waals surface area contributed by atoms with Crippen LogP contribution in [-0.2, 0) is 24.8 Å². The van der Waals surface area contributed by atoms with E-state index in [1.165, 1.54) is 16.7 Å². The van der Waals surface area contributed by atoms with E-state index in [0.29, 0.717) is 6.54 Å². The Morgan fingerprint density at radius 1 is 1.03 bits per heavy atom. The highest BCUT2D eigenvalue weighted by Gasteiger charge is 2.10. The second-order valence-electron chi connectivity index (χ2n) is 8.29. The van der Waals surface area contributed by atoms with E-state index in [0.717, 1.165) is 76.4 Å². The summed E-state index contributed by atoms with van der Waals surface area (Å²) in [6.07, 6.45) is 2.03. The number of ether oxygens (including phenoxy) is 1. The zero-order valence-corrected chi connectivity index (χ0v) is 22.2. The van der Waals surface area contributed by atoms with Crippen LogP contribution in [0.1, 0.15) is 34.8 Å². The normalized spacial score (nSPS) is 14.8. The minimum atomic E-state index is 0. The molecule has 1 aromatic heterocycles. The van der Waals surface area contributed by atoms with Crippen LogP contribution < -0.4 is 10.6 Å². The molecule has 2 aromatic rings. The van der Waals surface area contributed by atoms with Gasteiger partial charge in [0, 0.05) is 33.2 Å². The van der Waals surface area contributed by atoms with E-state index in [2.05, 4.69) is 57.8 Å². The monoisotopic (exact) mass is 555 g/mol. The molecular weight excluding hydrogens is 517 g/mol. The molecule has 0 unspecified atom stereocenters. The molecule has 178 valence electrons. The summed E-state index contributed by atoms with van der Waals surface area (Å²) in [7, 11) is 1.98. The molecule has 0 radical (unpaired) electrons. The molecule has 2 N–H and O–H groups in total. The average molecular weight is 556 g/mol. The largest absolute Gasteiger partial charge is 0.379 e. The number of hydrogen-bond acceptors (Lipinski definition) is 5. The summed E-state index contributed by atoms with van der Waals surface area (Å²) < 4.78 is 7.41. The van der Waals surface area contributed by atoms with Gasteiger partial charge in [0.1, 0.15) is 12.4 Å². The highest BCUT2D eigenvalue weighted by molar-refractivity contribution is 14.0. The molecule has 1 aliphatic rings. The second-order valence-corrected chi connectivity index (χ2v) is 8.29. The fraction of sp³-hybridized carbons (Fsp3) is 0.609. The quantitative estimate of drug-likeness (QED) is 0.214. The number of aromatic nitrogens is 3. The molecule has 2 heterocycles. The zero-order valence-electron chi connectivity index (χ0n) is 19.9. The number of hydrogen-bond donors (Lipinski definition) is 2. The maximum atomic E-state index is 5.43. The van der Waals surface area contributed by atoms with Gasteiger partial charge in [0.15, 0.2) is 11.8 Å². The minimum absolute atomic E-state index is 0. The van der Waals surface area contributed by atoms with Gasteiger partial charge < -0.3 is 19.9 Å². The molecule has 1 aromatic carbocycles. The summed E-state index contributed by atoms with van der Waals surface area (Å²) in [5.41, 5.74) is 3.96. The Morgan fingerprint density at radius 3 is 2.38 bits per heavy atom. The van der Waals surface area contributed by atoms with Crippen molar-refractivity contribution in [2.24, 2.45) is 12.0 Å². The first kappa shape index (κ1) is 26.5. The predicted octanol–water partition coefficient (Wildman–Crippen LogP) is 2.36. The van der Waals surface area contributed by atoms with Crippen molar-refractivity contribution in [3.05, 3.63) is 46.5 Å². The lowest BCUT2D eigenvalue weighted by Gasteiger charge is -2.26. The number of benzene rings is 1. The average Bonchev–Trinajstić information content (AvgIpc) is 3.06. The summed E-state index contributed by atoms with van der Waals surface area (Å²) >= 11 is 0. The molecule has 0 spiro atoms. The van der Waals surface area contributed by atoms with Crippen LogP contribution in [0.4, 0.5) is 0 Å². The van der Waals surface area contributed by atoms with Gasteiger partial charge in [-0.1, -0.05) is 29.3 Å². The molecule has 1 aliphatic heterocycles. The molecule has 32 heavy (non-hydrogen) atoms. The van der Waals surface area contributed by atoms with Gasteiger partial charge in [-0.2, -0.15) is 0 Å². The maximum Gasteiger partial charge on any atom is 0.191 e. The molecule has 9 heteroatoms. The van der Waals surface area contributed by atoms with Gasteiger partial charge in [0.2, 0.25) is 0 Å². The molecule has 1 fully saturated rings. The third-order valence-electron chi connectivity index (χ3n) is 5.60. The number of aliphatic imine (C=N–C) groups is 1. The molecule has 0 atom stereocenters. The number of aryl methyl sites for hydroxylation is 3. The molecule has 3 rings (SSSR count). The summed E-state index contributed by atoms with van der Waals surface area (Å²) in [5.74, 6) is 2.58. The zero-order chi connectivity index (χ0) is 22.1. The predicted molar refractivity (Wildman–Crippen MR) is 140 cm³/mol. The van der Waals surface area contributed by atoms with Crippen LogP contribution in [0.25, 0.3) is 0 Å². The van der Waals surface area contributed by atoms with Gasteiger partial charge in [0.05, 0.1) is 13.2 Å². The van der Waals surface area contributed by atoms with Crippen molar-refractivity contribution >= 4 is 29.9 Å². The van der Waals surface area contributed by atoms with Gasteiger partial charge in [-0.15, -0.1) is 34.2 Å². The van der Waals surface area contributed by atoms with Crippen LogP contribution in [0.15, 0.2) is 23.2 Å². The molecule has 0 bridgehead atoms. The molecular formula is C23H38IN7O. The van der Waals surface area contributed by atoms with Crippen molar-refractivity contribution in [1.82, 2.24) is 30.3 Å². The van der Waals surface area contributed by atoms with Crippen molar-refractivity contribution in [1.29, 1.82) is 0 Å². The van der Waals surface area contributed by atoms with E-state index < -0.39 is 0 Å². The lowest BCUT2D eigenvalue weighted by atomic mass is 10.1. The van der Waals surface area contributed by atoms with E-state index in [4.69, 9.17) is 9.73 Å². The van der Waals surface area contributed by atoms with Gasteiger partial charge in [-0.25, -0.2) is 4.99 Å². The lowest BCUT2D eigenvalue weighted by Crippen LogP contribution is -2.41. The first-order valence-electron chi connectivity index (χ1n) is 11.3. The topological polar surface area (TPSA) is 79.6 Å². The molecule has 8 nitrogen and oxygen atoms in total. The van der Waals surface area contributed by atoms with Crippen molar-refractivity contribution in [2.45, 2.75) is 40.2 Å². The van der Waals surface area contributed by atoms with Crippen LogP contribution in [0.2, 0.25) is 0 Å². The third-order valence-corrected chi connectivity index (χ3v) is 5.60. The van der Waals surface area contributed by atoms with Crippen molar-refractivity contribution in [3.63, 3.8) is 0 Å². The Hall–Kier alpha value is -1.72. The van der Waals surface area contributed by atoms with Crippen molar-refractivity contribution in [2.75, 3.05) is 45.9 Å². The summed E-state index contributed by atoms with van der Waals surface area (Å²) in [6, 6.07) is 6.72. The van der Waals surface area contributed by atoms with E-state index >= 15 is 0 Å². The van der Waals surface area contributed by atoms with Crippen LogP contribution in [0, 0.1) is 20.8 Å². The first-order chi connectivity index (χ1) is 15.0. The number of nitrogens with zero attached hydrogens (tertiary/aromatic N) is 5. The Labute approximate surface area is 209 Å². The van der Waals surface area contributed by atoms with Crippen molar-refractivity contribution < 1.29 is 4.74 Å². The Morgan fingerprint density at radius 2 is 1.72 bits per heavy atom. The van der Waals surface area contributed by atoms with Gasteiger partial charge >= 0.3 is 0 Å². The number of halogens is 1. The SMILES string of the molecule is Cc1cc(C)cc(CCNC(=NCc2nnc(C)n2C)NCCCN2CCOCC2)c1.I. The number of morpholine rings is 1. The van der Waals surface area contributed by atoms with E-state index in [-0.39, 0.29) is 24.0 Å². The lowest BCUT2D eigenvalue weighted by molar-refractivity contribution is 0.0376. The van der Waals surface area contributed by atoms with Gasteiger partial charge in [-0.05, 0) is 45.7 Å². The van der Waals surface area contributed by atoms with E-state index in [1.807, 2.05) is 18.5 Å². The molecule has 0 aliphatic carbocycles. The molecule has 1 saturated heterocycles. The first-order valence-corrected chi connectivity index (χ1v) is 11.3. The summed E-state index contributed by atoms with van der Waals surface area (Å²) in [4.78, 5) is 7.21. The summed E-state index contributed by atoms with van der Waals surface area (Å²) in [6.45, 7) is 13.3. The number of nitrogens with one attached hydrogen (secondary N) is 2. The third kappa shape index (κ3) is 8.67. The Balaban J connectivity index is 0.00000363. The minimum Gasteiger partial charge on any atom is -0.379 e. The molecule has 0 saturated carbocycles. The fourth-order valence-electron chi connectivity index (χ4n) is 3.79. The highest BCUT2D eigenvalue weighted by Crippen LogP contribution is 2.09. The summed E-state index contributed by atoms with van der Waals surface area (Å²) in [5, 5.41) is 15.3. The number of rotatable bonds is 9. The Kier molecular flexibility index (Phi) is 11.4. The van der Waals surface area contributed by atoms with Crippen LogP contribution in [0.5, 0.6) is 0 Å².